The van der Waals surface area contributed by atoms with Crippen LogP contribution in [0.4, 0.5) is 0 Å². The van der Waals surface area contributed by atoms with Crippen molar-refractivity contribution in [3.05, 3.63) is 42.0 Å². The predicted molar refractivity (Wildman–Crippen MR) is 77.1 cm³/mol. The van der Waals surface area contributed by atoms with Gasteiger partial charge in [0.05, 0.1) is 31.2 Å². The fourth-order valence-corrected chi connectivity index (χ4v) is 3.34. The fraction of sp³-hybridized carbons (Fsp3) is 0.312. The third kappa shape index (κ3) is 1.97. The minimum atomic E-state index is -0.539. The monoisotopic (exact) mass is 314 g/mol. The van der Waals surface area contributed by atoms with Gasteiger partial charge in [-0.25, -0.2) is 0 Å². The van der Waals surface area contributed by atoms with E-state index in [1.54, 1.807) is 30.4 Å². The molecule has 3 aliphatic heterocycles. The largest absolute Gasteiger partial charge is 0.497 e. The van der Waals surface area contributed by atoms with Crippen LogP contribution in [-0.4, -0.2) is 42.0 Å². The average molecular weight is 314 g/mol. The highest BCUT2D eigenvalue weighted by molar-refractivity contribution is 6.09. The van der Waals surface area contributed by atoms with Crippen LogP contribution in [0.5, 0.6) is 5.75 Å². The zero-order valence-electron chi connectivity index (χ0n) is 12.3. The molecule has 0 radical (unpaired) electrons. The van der Waals surface area contributed by atoms with Gasteiger partial charge in [-0.3, -0.25) is 19.8 Å². The van der Waals surface area contributed by atoms with Crippen molar-refractivity contribution < 1.29 is 23.9 Å². The fourth-order valence-electron chi connectivity index (χ4n) is 3.34. The van der Waals surface area contributed by atoms with E-state index in [1.165, 1.54) is 13.2 Å². The summed E-state index contributed by atoms with van der Waals surface area (Å²) < 4.78 is 10.6. The molecular weight excluding hydrogens is 300 g/mol. The number of imide groups is 1. The van der Waals surface area contributed by atoms with Gasteiger partial charge in [0.25, 0.3) is 17.7 Å². The lowest BCUT2D eigenvalue weighted by atomic mass is 9.85. The van der Waals surface area contributed by atoms with Crippen molar-refractivity contribution in [2.75, 3.05) is 7.11 Å². The van der Waals surface area contributed by atoms with Gasteiger partial charge < -0.3 is 9.47 Å². The maximum Gasteiger partial charge on any atom is 0.270 e. The molecule has 3 aliphatic rings. The van der Waals surface area contributed by atoms with Crippen LogP contribution >= 0.6 is 0 Å². The molecule has 3 amide bonds. The van der Waals surface area contributed by atoms with Gasteiger partial charge in [-0.1, -0.05) is 18.2 Å². The van der Waals surface area contributed by atoms with Crippen molar-refractivity contribution in [1.29, 1.82) is 0 Å². The molecule has 0 aromatic heterocycles. The molecule has 1 aromatic rings. The van der Waals surface area contributed by atoms with Gasteiger partial charge >= 0.3 is 0 Å². The molecule has 4 atom stereocenters. The first-order valence-electron chi connectivity index (χ1n) is 7.27. The number of rotatable bonds is 3. The zero-order chi connectivity index (χ0) is 16.1. The Balaban J connectivity index is 1.54. The van der Waals surface area contributed by atoms with Gasteiger partial charge in [-0.15, -0.1) is 0 Å². The van der Waals surface area contributed by atoms with E-state index < -0.39 is 29.6 Å². The lowest BCUT2D eigenvalue weighted by Gasteiger charge is -2.18. The molecule has 2 fully saturated rings. The molecule has 0 saturated carbocycles. The van der Waals surface area contributed by atoms with Crippen LogP contribution in [0, 0.1) is 11.8 Å². The van der Waals surface area contributed by atoms with Crippen molar-refractivity contribution in [2.24, 2.45) is 11.8 Å². The van der Waals surface area contributed by atoms with Crippen LogP contribution in [0.25, 0.3) is 0 Å². The number of hydrazine groups is 1. The highest BCUT2D eigenvalue weighted by Gasteiger charge is 2.61. The van der Waals surface area contributed by atoms with E-state index in [9.17, 15) is 14.4 Å². The third-order valence-corrected chi connectivity index (χ3v) is 4.46. The Morgan fingerprint density at radius 1 is 1.17 bits per heavy atom. The number of benzene rings is 1. The summed E-state index contributed by atoms with van der Waals surface area (Å²) >= 11 is 0. The van der Waals surface area contributed by atoms with Gasteiger partial charge in [0.15, 0.2) is 0 Å². The van der Waals surface area contributed by atoms with E-state index in [1.807, 2.05) is 0 Å². The summed E-state index contributed by atoms with van der Waals surface area (Å²) in [5.74, 6) is -1.94. The number of hydrogen-bond donors (Lipinski definition) is 1. The molecule has 2 saturated heterocycles. The van der Waals surface area contributed by atoms with Crippen molar-refractivity contribution in [1.82, 2.24) is 10.4 Å². The SMILES string of the molecule is COc1cccc(C(=O)NN2C(=O)[C@@H]3[C@H](C2=O)[C@H]2C=C[C@H]3O2)c1. The molecule has 118 valence electrons. The Hall–Kier alpha value is -2.67. The molecule has 3 heterocycles. The number of nitrogens with zero attached hydrogens (tertiary/aromatic N) is 1. The summed E-state index contributed by atoms with van der Waals surface area (Å²) in [5, 5.41) is 0.826. The van der Waals surface area contributed by atoms with E-state index >= 15 is 0 Å². The summed E-state index contributed by atoms with van der Waals surface area (Å²) in [4.78, 5) is 37.2. The first kappa shape index (κ1) is 14.0. The number of methoxy groups -OCH3 is 1. The number of hydrogen-bond acceptors (Lipinski definition) is 5. The molecule has 2 bridgehead atoms. The van der Waals surface area contributed by atoms with Crippen LogP contribution in [0.15, 0.2) is 36.4 Å². The Kier molecular flexibility index (Phi) is 2.99. The van der Waals surface area contributed by atoms with Crippen LogP contribution in [0.1, 0.15) is 10.4 Å². The first-order valence-corrected chi connectivity index (χ1v) is 7.27. The van der Waals surface area contributed by atoms with E-state index in [4.69, 9.17) is 9.47 Å². The van der Waals surface area contributed by atoms with E-state index in [-0.39, 0.29) is 12.2 Å². The summed E-state index contributed by atoms with van der Waals surface area (Å²) in [6, 6.07) is 6.48. The molecule has 1 N–H and O–H groups in total. The van der Waals surface area contributed by atoms with Gasteiger partial charge in [-0.05, 0) is 18.2 Å². The lowest BCUT2D eigenvalue weighted by Crippen LogP contribution is -2.47. The average Bonchev–Trinajstić information content (AvgIpc) is 3.24. The minimum absolute atomic E-state index is 0.305. The first-order chi connectivity index (χ1) is 11.1. The molecule has 4 rings (SSSR count). The van der Waals surface area contributed by atoms with E-state index in [0.29, 0.717) is 11.3 Å². The van der Waals surface area contributed by atoms with Crippen LogP contribution in [-0.2, 0) is 14.3 Å². The number of ether oxygens (including phenoxy) is 2. The molecule has 7 nitrogen and oxygen atoms in total. The van der Waals surface area contributed by atoms with Crippen molar-refractivity contribution in [3.63, 3.8) is 0 Å². The van der Waals surface area contributed by atoms with E-state index in [0.717, 1.165) is 5.01 Å². The highest BCUT2D eigenvalue weighted by Crippen LogP contribution is 2.44. The van der Waals surface area contributed by atoms with Gasteiger partial charge in [0, 0.05) is 5.56 Å². The second-order valence-electron chi connectivity index (χ2n) is 5.69. The Bertz CT molecular complexity index is 714. The second kappa shape index (κ2) is 4.92. The molecule has 0 aliphatic carbocycles. The molecule has 0 unspecified atom stereocenters. The molecular formula is C16H14N2O5. The van der Waals surface area contributed by atoms with Gasteiger partial charge in [0.2, 0.25) is 0 Å². The van der Waals surface area contributed by atoms with Crippen molar-refractivity contribution in [3.8, 4) is 5.75 Å². The molecule has 7 heteroatoms. The van der Waals surface area contributed by atoms with Crippen molar-refractivity contribution in [2.45, 2.75) is 12.2 Å². The van der Waals surface area contributed by atoms with Gasteiger partial charge in [0.1, 0.15) is 5.75 Å². The molecule has 23 heavy (non-hydrogen) atoms. The smallest absolute Gasteiger partial charge is 0.270 e. The Labute approximate surface area is 131 Å². The molecule has 0 spiro atoms. The van der Waals surface area contributed by atoms with Crippen molar-refractivity contribution >= 4 is 17.7 Å². The van der Waals surface area contributed by atoms with Crippen LogP contribution in [0.3, 0.4) is 0 Å². The Morgan fingerprint density at radius 3 is 2.43 bits per heavy atom. The number of carbonyl (C=O) groups is 3. The third-order valence-electron chi connectivity index (χ3n) is 4.46. The number of nitrogens with one attached hydrogen (secondary N) is 1. The second-order valence-corrected chi connectivity index (χ2v) is 5.69. The normalized spacial score (nSPS) is 30.7. The predicted octanol–water partition coefficient (Wildman–Crippen LogP) is 0.278. The van der Waals surface area contributed by atoms with Crippen LogP contribution in [0.2, 0.25) is 0 Å². The summed E-state index contributed by atoms with van der Waals surface area (Å²) in [5.41, 5.74) is 2.70. The Morgan fingerprint density at radius 2 is 1.83 bits per heavy atom. The summed E-state index contributed by atoms with van der Waals surface area (Å²) in [6.07, 6.45) is 2.84. The highest BCUT2D eigenvalue weighted by atomic mass is 16.5. The maximum absolute atomic E-state index is 12.4. The number of amides is 3. The summed E-state index contributed by atoms with van der Waals surface area (Å²) in [7, 11) is 1.49. The number of carbonyl (C=O) groups excluding carboxylic acids is 3. The standard InChI is InChI=1S/C16H14N2O5/c1-22-9-4-2-3-8(7-9)14(19)17-18-15(20)12-10-5-6-11(23-10)13(12)16(18)21/h2-7,10-13H,1H3,(H,17,19)/t10-,11-,12-,13+/m1/s1. The van der Waals surface area contributed by atoms with Crippen LogP contribution < -0.4 is 10.2 Å². The maximum atomic E-state index is 12.4. The van der Waals surface area contributed by atoms with E-state index in [2.05, 4.69) is 5.43 Å². The zero-order valence-corrected chi connectivity index (χ0v) is 12.3. The molecule has 1 aromatic carbocycles. The number of fused-ring (bicyclic) bond motifs is 5. The lowest BCUT2D eigenvalue weighted by molar-refractivity contribution is -0.145. The summed E-state index contributed by atoms with van der Waals surface area (Å²) in [6.45, 7) is 0. The quantitative estimate of drug-likeness (QED) is 0.640. The van der Waals surface area contributed by atoms with Gasteiger partial charge in [-0.2, -0.15) is 5.01 Å². The minimum Gasteiger partial charge on any atom is -0.497 e. The topological polar surface area (TPSA) is 84.9 Å².